The van der Waals surface area contributed by atoms with Crippen molar-refractivity contribution in [2.45, 2.75) is 19.8 Å². The number of anilines is 1. The molecule has 0 aliphatic rings. The number of nitrogens with zero attached hydrogens (tertiary/aromatic N) is 2. The van der Waals surface area contributed by atoms with E-state index in [4.69, 9.17) is 23.2 Å². The lowest BCUT2D eigenvalue weighted by Crippen LogP contribution is -2.16. The number of rotatable bonds is 3. The summed E-state index contributed by atoms with van der Waals surface area (Å²) in [5, 5.41) is 2.63. The zero-order valence-corrected chi connectivity index (χ0v) is 12.8. The molecular weight excluding hydrogens is 316 g/mol. The molecule has 0 bridgehead atoms. The number of amides is 1. The van der Waals surface area contributed by atoms with E-state index < -0.39 is 11.7 Å². The maximum absolute atomic E-state index is 13.3. The van der Waals surface area contributed by atoms with E-state index in [9.17, 15) is 9.18 Å². The Labute approximate surface area is 131 Å². The molecule has 0 atom stereocenters. The normalized spacial score (nSPS) is 10.8. The van der Waals surface area contributed by atoms with Gasteiger partial charge in [-0.05, 0) is 18.2 Å². The number of carbonyl (C=O) groups is 1. The first kappa shape index (κ1) is 15.7. The van der Waals surface area contributed by atoms with Crippen LogP contribution < -0.4 is 5.32 Å². The van der Waals surface area contributed by atoms with E-state index >= 15 is 0 Å². The van der Waals surface area contributed by atoms with E-state index in [1.807, 2.05) is 13.8 Å². The topological polar surface area (TPSA) is 54.9 Å². The van der Waals surface area contributed by atoms with Gasteiger partial charge in [0.25, 0.3) is 5.91 Å². The van der Waals surface area contributed by atoms with Gasteiger partial charge in [0.2, 0.25) is 0 Å². The molecule has 0 aliphatic heterocycles. The first-order chi connectivity index (χ1) is 9.88. The highest BCUT2D eigenvalue weighted by atomic mass is 35.5. The van der Waals surface area contributed by atoms with Crippen molar-refractivity contribution >= 4 is 34.8 Å². The highest BCUT2D eigenvalue weighted by Crippen LogP contribution is 2.21. The SMILES string of the molecule is CC(C)c1ncc(Cl)c(C(=O)Nc2ccc(Cl)c(F)c2)n1. The van der Waals surface area contributed by atoms with Gasteiger partial charge in [-0.2, -0.15) is 0 Å². The third-order valence-corrected chi connectivity index (χ3v) is 3.25. The summed E-state index contributed by atoms with van der Waals surface area (Å²) < 4.78 is 13.3. The Balaban J connectivity index is 2.27. The van der Waals surface area contributed by atoms with Crippen LogP contribution in [0.3, 0.4) is 0 Å². The maximum atomic E-state index is 13.3. The fourth-order valence-electron chi connectivity index (χ4n) is 1.58. The Morgan fingerprint density at radius 2 is 2.00 bits per heavy atom. The van der Waals surface area contributed by atoms with Gasteiger partial charge in [-0.15, -0.1) is 0 Å². The van der Waals surface area contributed by atoms with Gasteiger partial charge in [-0.25, -0.2) is 14.4 Å². The minimum absolute atomic E-state index is 0.0184. The first-order valence-corrected chi connectivity index (χ1v) is 6.93. The lowest BCUT2D eigenvalue weighted by molar-refractivity contribution is 0.102. The smallest absolute Gasteiger partial charge is 0.275 e. The molecule has 21 heavy (non-hydrogen) atoms. The van der Waals surface area contributed by atoms with Crippen LogP contribution in [0, 0.1) is 5.82 Å². The van der Waals surface area contributed by atoms with Gasteiger partial charge in [0.05, 0.1) is 16.2 Å². The highest BCUT2D eigenvalue weighted by molar-refractivity contribution is 6.34. The number of nitrogens with one attached hydrogen (secondary N) is 1. The zero-order chi connectivity index (χ0) is 15.6. The molecule has 0 spiro atoms. The molecule has 0 unspecified atom stereocenters. The summed E-state index contributed by atoms with van der Waals surface area (Å²) >= 11 is 11.5. The quantitative estimate of drug-likeness (QED) is 0.914. The van der Waals surface area contributed by atoms with E-state index in [1.54, 1.807) is 0 Å². The molecule has 2 rings (SSSR count). The van der Waals surface area contributed by atoms with Crippen molar-refractivity contribution in [3.05, 3.63) is 51.8 Å². The van der Waals surface area contributed by atoms with E-state index in [0.29, 0.717) is 5.82 Å². The van der Waals surface area contributed by atoms with E-state index in [0.717, 1.165) is 6.07 Å². The summed E-state index contributed by atoms with van der Waals surface area (Å²) in [4.78, 5) is 20.4. The van der Waals surface area contributed by atoms with Gasteiger partial charge in [-0.3, -0.25) is 4.79 Å². The van der Waals surface area contributed by atoms with Gasteiger partial charge in [0.15, 0.2) is 5.69 Å². The molecule has 0 aliphatic carbocycles. The summed E-state index contributed by atoms with van der Waals surface area (Å²) in [6, 6.07) is 3.97. The molecule has 1 amide bonds. The predicted molar refractivity (Wildman–Crippen MR) is 80.5 cm³/mol. The Morgan fingerprint density at radius 1 is 1.29 bits per heavy atom. The van der Waals surface area contributed by atoms with Gasteiger partial charge in [0.1, 0.15) is 11.6 Å². The van der Waals surface area contributed by atoms with Crippen LogP contribution in [-0.2, 0) is 0 Å². The van der Waals surface area contributed by atoms with Crippen LogP contribution in [-0.4, -0.2) is 15.9 Å². The largest absolute Gasteiger partial charge is 0.321 e. The zero-order valence-electron chi connectivity index (χ0n) is 11.3. The van der Waals surface area contributed by atoms with E-state index in [1.165, 1.54) is 18.3 Å². The molecule has 110 valence electrons. The first-order valence-electron chi connectivity index (χ1n) is 6.17. The van der Waals surface area contributed by atoms with Crippen LogP contribution in [0.4, 0.5) is 10.1 Å². The van der Waals surface area contributed by atoms with Gasteiger partial charge in [0, 0.05) is 11.6 Å². The van der Waals surface area contributed by atoms with Crippen molar-refractivity contribution in [1.29, 1.82) is 0 Å². The van der Waals surface area contributed by atoms with Crippen molar-refractivity contribution in [2.24, 2.45) is 0 Å². The van der Waals surface area contributed by atoms with Crippen molar-refractivity contribution in [3.63, 3.8) is 0 Å². The molecule has 1 aromatic heterocycles. The van der Waals surface area contributed by atoms with E-state index in [2.05, 4.69) is 15.3 Å². The van der Waals surface area contributed by atoms with Gasteiger partial charge < -0.3 is 5.32 Å². The Hall–Kier alpha value is -1.72. The van der Waals surface area contributed by atoms with Crippen molar-refractivity contribution in [3.8, 4) is 0 Å². The number of carbonyl (C=O) groups excluding carboxylic acids is 1. The van der Waals surface area contributed by atoms with Crippen molar-refractivity contribution in [2.75, 3.05) is 5.32 Å². The molecule has 0 saturated carbocycles. The fourth-order valence-corrected chi connectivity index (χ4v) is 1.88. The van der Waals surface area contributed by atoms with Crippen LogP contribution in [0.25, 0.3) is 0 Å². The molecule has 2 aromatic rings. The van der Waals surface area contributed by atoms with Gasteiger partial charge in [-0.1, -0.05) is 37.0 Å². The number of aromatic nitrogens is 2. The molecule has 0 fully saturated rings. The predicted octanol–water partition coefficient (Wildman–Crippen LogP) is 4.30. The Kier molecular flexibility index (Phi) is 4.75. The Morgan fingerprint density at radius 3 is 2.62 bits per heavy atom. The molecule has 1 N–H and O–H groups in total. The third kappa shape index (κ3) is 3.68. The summed E-state index contributed by atoms with van der Waals surface area (Å²) in [6.07, 6.45) is 1.38. The molecule has 7 heteroatoms. The number of hydrogen-bond donors (Lipinski definition) is 1. The Bertz CT molecular complexity index is 692. The van der Waals surface area contributed by atoms with Crippen LogP contribution in [0.1, 0.15) is 36.1 Å². The number of halogens is 3. The molecule has 4 nitrogen and oxygen atoms in total. The monoisotopic (exact) mass is 327 g/mol. The highest BCUT2D eigenvalue weighted by Gasteiger charge is 2.16. The second-order valence-corrected chi connectivity index (χ2v) is 5.48. The summed E-state index contributed by atoms with van der Waals surface area (Å²) in [5.41, 5.74) is 0.313. The summed E-state index contributed by atoms with van der Waals surface area (Å²) in [5.74, 6) is -0.592. The molecule has 1 heterocycles. The van der Waals surface area contributed by atoms with Gasteiger partial charge >= 0.3 is 0 Å². The standard InChI is InChI=1S/C14H12Cl2FN3O/c1-7(2)13-18-6-10(16)12(20-13)14(21)19-8-3-4-9(15)11(17)5-8/h3-7H,1-2H3,(H,19,21). The molecule has 0 radical (unpaired) electrons. The number of hydrogen-bond acceptors (Lipinski definition) is 3. The maximum Gasteiger partial charge on any atom is 0.275 e. The third-order valence-electron chi connectivity index (χ3n) is 2.67. The van der Waals surface area contributed by atoms with Crippen LogP contribution in [0.15, 0.2) is 24.4 Å². The summed E-state index contributed by atoms with van der Waals surface area (Å²) in [6.45, 7) is 3.80. The average molecular weight is 328 g/mol. The second kappa shape index (κ2) is 6.37. The van der Waals surface area contributed by atoms with Crippen molar-refractivity contribution < 1.29 is 9.18 Å². The average Bonchev–Trinajstić information content (AvgIpc) is 2.43. The number of benzene rings is 1. The second-order valence-electron chi connectivity index (χ2n) is 4.66. The summed E-state index contributed by atoms with van der Waals surface area (Å²) in [7, 11) is 0. The minimum atomic E-state index is -0.619. The van der Waals surface area contributed by atoms with Crippen LogP contribution in [0.5, 0.6) is 0 Å². The minimum Gasteiger partial charge on any atom is -0.321 e. The van der Waals surface area contributed by atoms with E-state index in [-0.39, 0.29) is 27.3 Å². The fraction of sp³-hybridized carbons (Fsp3) is 0.214. The van der Waals surface area contributed by atoms with Crippen LogP contribution >= 0.6 is 23.2 Å². The lowest BCUT2D eigenvalue weighted by atomic mass is 10.2. The lowest BCUT2D eigenvalue weighted by Gasteiger charge is -2.09. The molecule has 0 saturated heterocycles. The van der Waals surface area contributed by atoms with Crippen LogP contribution in [0.2, 0.25) is 10.0 Å². The van der Waals surface area contributed by atoms with Crippen molar-refractivity contribution in [1.82, 2.24) is 9.97 Å². The molecular formula is C14H12Cl2FN3O. The molecule has 1 aromatic carbocycles.